The van der Waals surface area contributed by atoms with Crippen molar-refractivity contribution in [3.63, 3.8) is 0 Å². The number of aromatic nitrogens is 1. The highest BCUT2D eigenvalue weighted by atomic mass is 16.5. The van der Waals surface area contributed by atoms with Gasteiger partial charge in [-0.05, 0) is 31.0 Å². The molecule has 1 aromatic heterocycles. The van der Waals surface area contributed by atoms with Crippen molar-refractivity contribution in [2.45, 2.75) is 25.4 Å². The summed E-state index contributed by atoms with van der Waals surface area (Å²) in [6, 6.07) is 9.61. The molecule has 4 rings (SSSR count). The summed E-state index contributed by atoms with van der Waals surface area (Å²) >= 11 is 0. The normalized spacial score (nSPS) is 17.2. The monoisotopic (exact) mass is 367 g/mol. The number of likely N-dealkylation sites (tertiary alicyclic amines) is 1. The van der Waals surface area contributed by atoms with Crippen molar-refractivity contribution >= 4 is 5.91 Å². The van der Waals surface area contributed by atoms with Crippen molar-refractivity contribution < 1.29 is 14.3 Å². The van der Waals surface area contributed by atoms with E-state index in [1.165, 1.54) is 5.56 Å². The van der Waals surface area contributed by atoms with E-state index in [1.807, 2.05) is 12.1 Å². The summed E-state index contributed by atoms with van der Waals surface area (Å²) in [5.74, 6) is 1.76. The van der Waals surface area contributed by atoms with Gasteiger partial charge >= 0.3 is 0 Å². The predicted molar refractivity (Wildman–Crippen MR) is 102 cm³/mol. The van der Waals surface area contributed by atoms with E-state index >= 15 is 0 Å². The summed E-state index contributed by atoms with van der Waals surface area (Å²) in [5, 5.41) is 2.97. The number of nitrogens with one attached hydrogen (secondary N) is 1. The molecule has 2 aliphatic rings. The minimum atomic E-state index is -0.0476. The fraction of sp³-hybridized carbons (Fsp3) is 0.429. The Morgan fingerprint density at radius 1 is 1.22 bits per heavy atom. The summed E-state index contributed by atoms with van der Waals surface area (Å²) in [6.45, 7) is 4.21. The molecule has 0 aliphatic carbocycles. The summed E-state index contributed by atoms with van der Waals surface area (Å²) in [4.78, 5) is 18.3. The zero-order valence-corrected chi connectivity index (χ0v) is 15.4. The SMILES string of the molecule is O=C(NCCN1CCC(Oc2cccc3c2OCC3)CC1)c1ccncc1. The lowest BCUT2D eigenvalue weighted by atomic mass is 10.1. The summed E-state index contributed by atoms with van der Waals surface area (Å²) in [5.41, 5.74) is 1.89. The van der Waals surface area contributed by atoms with Crippen LogP contribution in [0.25, 0.3) is 0 Å². The molecule has 1 aromatic carbocycles. The maximum absolute atomic E-state index is 12.0. The third kappa shape index (κ3) is 4.39. The van der Waals surface area contributed by atoms with Crippen LogP contribution in [0.5, 0.6) is 11.5 Å². The van der Waals surface area contributed by atoms with E-state index in [1.54, 1.807) is 24.5 Å². The molecular weight excluding hydrogens is 342 g/mol. The number of pyridine rings is 1. The Hall–Kier alpha value is -2.60. The van der Waals surface area contributed by atoms with Crippen LogP contribution < -0.4 is 14.8 Å². The number of benzene rings is 1. The molecule has 142 valence electrons. The first-order valence-electron chi connectivity index (χ1n) is 9.61. The standard InChI is InChI=1S/C21H25N3O3/c25-21(17-4-9-22-10-5-17)23-11-14-24-12-6-18(7-13-24)27-19-3-1-2-16-8-15-26-20(16)19/h1-5,9-10,18H,6-8,11-15H2,(H,23,25). The minimum Gasteiger partial charge on any atom is -0.489 e. The average Bonchev–Trinajstić information content (AvgIpc) is 3.20. The number of hydrogen-bond acceptors (Lipinski definition) is 5. The van der Waals surface area contributed by atoms with Gasteiger partial charge in [0, 0.05) is 56.1 Å². The van der Waals surface area contributed by atoms with Crippen molar-refractivity contribution in [2.24, 2.45) is 0 Å². The van der Waals surface area contributed by atoms with Crippen LogP contribution in [0.4, 0.5) is 0 Å². The molecule has 6 heteroatoms. The van der Waals surface area contributed by atoms with E-state index in [2.05, 4.69) is 21.3 Å². The van der Waals surface area contributed by atoms with Crippen LogP contribution in [0.2, 0.25) is 0 Å². The lowest BCUT2D eigenvalue weighted by molar-refractivity contribution is 0.0898. The molecule has 1 N–H and O–H groups in total. The fourth-order valence-corrected chi connectivity index (χ4v) is 3.64. The largest absolute Gasteiger partial charge is 0.489 e. The molecule has 2 aliphatic heterocycles. The van der Waals surface area contributed by atoms with Crippen molar-refractivity contribution in [3.05, 3.63) is 53.9 Å². The zero-order valence-electron chi connectivity index (χ0n) is 15.4. The molecule has 27 heavy (non-hydrogen) atoms. The third-order valence-corrected chi connectivity index (χ3v) is 5.16. The van der Waals surface area contributed by atoms with Gasteiger partial charge in [0.25, 0.3) is 5.91 Å². The summed E-state index contributed by atoms with van der Waals surface area (Å²) < 4.78 is 11.9. The van der Waals surface area contributed by atoms with Gasteiger partial charge < -0.3 is 19.7 Å². The molecule has 1 fully saturated rings. The fourth-order valence-electron chi connectivity index (χ4n) is 3.64. The highest BCUT2D eigenvalue weighted by molar-refractivity contribution is 5.93. The van der Waals surface area contributed by atoms with E-state index in [4.69, 9.17) is 9.47 Å². The maximum atomic E-state index is 12.0. The van der Waals surface area contributed by atoms with Crippen molar-refractivity contribution in [2.75, 3.05) is 32.8 Å². The van der Waals surface area contributed by atoms with Crippen molar-refractivity contribution in [3.8, 4) is 11.5 Å². The van der Waals surface area contributed by atoms with Gasteiger partial charge in [0.1, 0.15) is 6.10 Å². The van der Waals surface area contributed by atoms with Crippen LogP contribution >= 0.6 is 0 Å². The van der Waals surface area contributed by atoms with Gasteiger partial charge in [-0.1, -0.05) is 12.1 Å². The number of rotatable bonds is 6. The molecule has 6 nitrogen and oxygen atoms in total. The number of carbonyl (C=O) groups is 1. The minimum absolute atomic E-state index is 0.0476. The number of carbonyl (C=O) groups excluding carboxylic acids is 1. The van der Waals surface area contributed by atoms with Crippen LogP contribution in [0.3, 0.4) is 0 Å². The van der Waals surface area contributed by atoms with E-state index < -0.39 is 0 Å². The molecule has 1 saturated heterocycles. The van der Waals surface area contributed by atoms with Gasteiger partial charge in [-0.2, -0.15) is 0 Å². The molecule has 2 aromatic rings. The first-order chi connectivity index (χ1) is 13.3. The van der Waals surface area contributed by atoms with Gasteiger partial charge in [-0.15, -0.1) is 0 Å². The Kier molecular flexibility index (Phi) is 5.53. The molecule has 0 atom stereocenters. The Morgan fingerprint density at radius 2 is 2.04 bits per heavy atom. The summed E-state index contributed by atoms with van der Waals surface area (Å²) in [7, 11) is 0. The molecule has 0 bridgehead atoms. The number of amides is 1. The Morgan fingerprint density at radius 3 is 2.85 bits per heavy atom. The second-order valence-electron chi connectivity index (χ2n) is 6.99. The average molecular weight is 367 g/mol. The molecule has 1 amide bonds. The molecule has 3 heterocycles. The number of nitrogens with zero attached hydrogens (tertiary/aromatic N) is 2. The van der Waals surface area contributed by atoms with Crippen LogP contribution in [0.15, 0.2) is 42.7 Å². The lowest BCUT2D eigenvalue weighted by Crippen LogP contribution is -2.42. The second-order valence-corrected chi connectivity index (χ2v) is 6.99. The Labute approximate surface area is 159 Å². The molecule has 0 unspecified atom stereocenters. The van der Waals surface area contributed by atoms with E-state index in [0.29, 0.717) is 12.1 Å². The quantitative estimate of drug-likeness (QED) is 0.849. The topological polar surface area (TPSA) is 63.7 Å². The van der Waals surface area contributed by atoms with Crippen LogP contribution in [-0.2, 0) is 6.42 Å². The first kappa shape index (κ1) is 17.8. The van der Waals surface area contributed by atoms with E-state index in [0.717, 1.165) is 57.0 Å². The van der Waals surface area contributed by atoms with E-state index in [9.17, 15) is 4.79 Å². The maximum Gasteiger partial charge on any atom is 0.251 e. The Balaban J connectivity index is 1.20. The first-order valence-corrected chi connectivity index (χ1v) is 9.61. The van der Waals surface area contributed by atoms with Gasteiger partial charge in [0.05, 0.1) is 6.61 Å². The highest BCUT2D eigenvalue weighted by Gasteiger charge is 2.23. The number of ether oxygens (including phenoxy) is 2. The lowest BCUT2D eigenvalue weighted by Gasteiger charge is -2.32. The predicted octanol–water partition coefficient (Wildman–Crippen LogP) is 2.29. The Bertz CT molecular complexity index is 773. The van der Waals surface area contributed by atoms with Crippen LogP contribution in [0, 0.1) is 0 Å². The molecule has 0 radical (unpaired) electrons. The second kappa shape index (κ2) is 8.39. The molecular formula is C21H25N3O3. The van der Waals surface area contributed by atoms with Crippen molar-refractivity contribution in [1.82, 2.24) is 15.2 Å². The third-order valence-electron chi connectivity index (χ3n) is 5.16. The zero-order chi connectivity index (χ0) is 18.5. The number of fused-ring (bicyclic) bond motifs is 1. The number of para-hydroxylation sites is 1. The van der Waals surface area contributed by atoms with Gasteiger partial charge in [0.2, 0.25) is 0 Å². The molecule has 0 spiro atoms. The van der Waals surface area contributed by atoms with Crippen LogP contribution in [-0.4, -0.2) is 54.7 Å². The summed E-state index contributed by atoms with van der Waals surface area (Å²) in [6.07, 6.45) is 6.43. The van der Waals surface area contributed by atoms with Crippen molar-refractivity contribution in [1.29, 1.82) is 0 Å². The van der Waals surface area contributed by atoms with Gasteiger partial charge in [0.15, 0.2) is 11.5 Å². The highest BCUT2D eigenvalue weighted by Crippen LogP contribution is 2.36. The van der Waals surface area contributed by atoms with Gasteiger partial charge in [-0.25, -0.2) is 0 Å². The number of hydrogen-bond donors (Lipinski definition) is 1. The molecule has 0 saturated carbocycles. The van der Waals surface area contributed by atoms with E-state index in [-0.39, 0.29) is 12.0 Å². The van der Waals surface area contributed by atoms with Gasteiger partial charge in [-0.3, -0.25) is 9.78 Å². The smallest absolute Gasteiger partial charge is 0.251 e. The van der Waals surface area contributed by atoms with Crippen LogP contribution in [0.1, 0.15) is 28.8 Å². The number of piperidine rings is 1.